The van der Waals surface area contributed by atoms with Gasteiger partial charge in [-0.2, -0.15) is 0 Å². The van der Waals surface area contributed by atoms with Gasteiger partial charge < -0.3 is 10.6 Å². The summed E-state index contributed by atoms with van der Waals surface area (Å²) < 4.78 is 1.91. The molecule has 2 aromatic heterocycles. The summed E-state index contributed by atoms with van der Waals surface area (Å²) in [5.41, 5.74) is 2.82. The number of benzene rings is 1. The number of amides is 1. The molecule has 130 valence electrons. The number of fused-ring (bicyclic) bond motifs is 1. The number of nitrogens with one attached hydrogen (secondary N) is 2. The fraction of sp³-hybridized carbons (Fsp3) is 0.316. The monoisotopic (exact) mass is 337 g/mol. The van der Waals surface area contributed by atoms with E-state index in [-0.39, 0.29) is 17.9 Å². The van der Waals surface area contributed by atoms with Crippen molar-refractivity contribution in [3.05, 3.63) is 60.0 Å². The highest BCUT2D eigenvalue weighted by Crippen LogP contribution is 2.13. The Kier molecular flexibility index (Phi) is 4.97. The second kappa shape index (κ2) is 7.34. The van der Waals surface area contributed by atoms with Crippen LogP contribution in [0.4, 0.5) is 5.69 Å². The molecule has 0 unspecified atom stereocenters. The lowest BCUT2D eigenvalue weighted by Gasteiger charge is -2.22. The van der Waals surface area contributed by atoms with Crippen LogP contribution in [0.2, 0.25) is 0 Å². The molecule has 2 heterocycles. The first-order chi connectivity index (χ1) is 12.0. The number of hydrogen-bond acceptors (Lipinski definition) is 4. The van der Waals surface area contributed by atoms with Gasteiger partial charge in [-0.25, -0.2) is 0 Å². The maximum Gasteiger partial charge on any atom is 0.243 e. The molecule has 3 rings (SSSR count). The second-order valence-electron chi connectivity index (χ2n) is 6.50. The van der Waals surface area contributed by atoms with E-state index in [1.165, 1.54) is 0 Å². The van der Waals surface area contributed by atoms with Crippen LogP contribution in [0.25, 0.3) is 5.65 Å². The summed E-state index contributed by atoms with van der Waals surface area (Å²) >= 11 is 0. The average molecular weight is 337 g/mol. The fourth-order valence-electron chi connectivity index (χ4n) is 2.69. The molecule has 2 N–H and O–H groups in total. The van der Waals surface area contributed by atoms with Crippen LogP contribution in [0.3, 0.4) is 0 Å². The normalized spacial score (nSPS) is 12.3. The van der Waals surface area contributed by atoms with Crippen molar-refractivity contribution < 1.29 is 4.79 Å². The number of nitrogens with zero attached hydrogens (tertiary/aromatic N) is 3. The number of aromatic nitrogens is 3. The number of carbonyl (C=O) groups excluding carboxylic acids is 1. The maximum atomic E-state index is 12.7. The fourth-order valence-corrected chi connectivity index (χ4v) is 2.69. The molecule has 6 heteroatoms. The molecule has 1 atom stereocenters. The van der Waals surface area contributed by atoms with Gasteiger partial charge in [0.2, 0.25) is 5.91 Å². The zero-order chi connectivity index (χ0) is 17.8. The molecular formula is C19H23N5O. The summed E-state index contributed by atoms with van der Waals surface area (Å²) in [6, 6.07) is 13.4. The number of hydrogen-bond donors (Lipinski definition) is 2. The Labute approximate surface area is 147 Å². The topological polar surface area (TPSA) is 71.3 Å². The standard InChI is InChI=1S/C19H23N5O/c1-13(2)18(21-15-7-5-4-6-8-15)19(25)20-11-17-23-22-16-10-9-14(3)12-24(16)17/h4-10,12-13,18,21H,11H2,1-3H3,(H,20,25)/t18-/m0/s1. The first-order valence-electron chi connectivity index (χ1n) is 8.44. The van der Waals surface area contributed by atoms with Crippen molar-refractivity contribution in [1.29, 1.82) is 0 Å². The van der Waals surface area contributed by atoms with Gasteiger partial charge in [0.1, 0.15) is 6.04 Å². The Morgan fingerprint density at radius 3 is 2.60 bits per heavy atom. The number of aryl methyl sites for hydroxylation is 1. The number of rotatable bonds is 6. The third-order valence-electron chi connectivity index (χ3n) is 4.09. The summed E-state index contributed by atoms with van der Waals surface area (Å²) in [5.74, 6) is 0.815. The third kappa shape index (κ3) is 3.96. The molecule has 0 fully saturated rings. The molecule has 3 aromatic rings. The third-order valence-corrected chi connectivity index (χ3v) is 4.09. The van der Waals surface area contributed by atoms with Gasteiger partial charge in [-0.15, -0.1) is 10.2 Å². The van der Waals surface area contributed by atoms with Gasteiger partial charge in [-0.05, 0) is 36.6 Å². The molecule has 0 radical (unpaired) electrons. The van der Waals surface area contributed by atoms with Gasteiger partial charge in [0.05, 0.1) is 6.54 Å². The molecule has 1 amide bonds. The molecule has 0 saturated heterocycles. The Morgan fingerprint density at radius 1 is 1.12 bits per heavy atom. The van der Waals surface area contributed by atoms with E-state index >= 15 is 0 Å². The van der Waals surface area contributed by atoms with Gasteiger partial charge in [0, 0.05) is 11.9 Å². The molecule has 0 saturated carbocycles. The Bertz CT molecular complexity index is 857. The molecule has 0 aliphatic carbocycles. The number of carbonyl (C=O) groups is 1. The van der Waals surface area contributed by atoms with Crippen LogP contribution < -0.4 is 10.6 Å². The first-order valence-corrected chi connectivity index (χ1v) is 8.44. The van der Waals surface area contributed by atoms with Crippen LogP contribution in [0.1, 0.15) is 25.2 Å². The quantitative estimate of drug-likeness (QED) is 0.725. The van der Waals surface area contributed by atoms with Crippen molar-refractivity contribution in [2.45, 2.75) is 33.4 Å². The Balaban J connectivity index is 1.69. The minimum absolute atomic E-state index is 0.0525. The van der Waals surface area contributed by atoms with Crippen molar-refractivity contribution >= 4 is 17.2 Å². The Morgan fingerprint density at radius 2 is 1.88 bits per heavy atom. The lowest BCUT2D eigenvalue weighted by atomic mass is 10.0. The zero-order valence-corrected chi connectivity index (χ0v) is 14.7. The summed E-state index contributed by atoms with van der Waals surface area (Å²) in [4.78, 5) is 12.7. The first kappa shape index (κ1) is 17.0. The molecule has 1 aromatic carbocycles. The molecule has 25 heavy (non-hydrogen) atoms. The van der Waals surface area contributed by atoms with Crippen molar-refractivity contribution in [2.75, 3.05) is 5.32 Å². The number of para-hydroxylation sites is 1. The van der Waals surface area contributed by atoms with E-state index in [9.17, 15) is 4.79 Å². The Hall–Kier alpha value is -2.89. The largest absolute Gasteiger partial charge is 0.373 e. The van der Waals surface area contributed by atoms with E-state index in [1.54, 1.807) is 0 Å². The number of pyridine rings is 1. The highest BCUT2D eigenvalue weighted by Gasteiger charge is 2.22. The van der Waals surface area contributed by atoms with Crippen molar-refractivity contribution in [3.8, 4) is 0 Å². The second-order valence-corrected chi connectivity index (χ2v) is 6.50. The maximum absolute atomic E-state index is 12.7. The molecule has 0 aliphatic heterocycles. The van der Waals surface area contributed by atoms with E-state index in [1.807, 2.05) is 73.8 Å². The predicted octanol–water partition coefficient (Wildman–Crippen LogP) is 2.79. The van der Waals surface area contributed by atoms with Gasteiger partial charge in [0.25, 0.3) is 0 Å². The highest BCUT2D eigenvalue weighted by molar-refractivity contribution is 5.84. The van der Waals surface area contributed by atoms with Crippen molar-refractivity contribution in [1.82, 2.24) is 19.9 Å². The van der Waals surface area contributed by atoms with Crippen LogP contribution >= 0.6 is 0 Å². The van der Waals surface area contributed by atoms with E-state index < -0.39 is 0 Å². The molecule has 6 nitrogen and oxygen atoms in total. The lowest BCUT2D eigenvalue weighted by Crippen LogP contribution is -2.42. The van der Waals surface area contributed by atoms with Crippen LogP contribution in [-0.2, 0) is 11.3 Å². The molecule has 0 spiro atoms. The lowest BCUT2D eigenvalue weighted by molar-refractivity contribution is -0.122. The van der Waals surface area contributed by atoms with Crippen molar-refractivity contribution in [3.63, 3.8) is 0 Å². The summed E-state index contributed by atoms with van der Waals surface area (Å²) in [5, 5.41) is 14.6. The van der Waals surface area contributed by atoms with E-state index in [4.69, 9.17) is 0 Å². The van der Waals surface area contributed by atoms with Gasteiger partial charge in [0.15, 0.2) is 11.5 Å². The van der Waals surface area contributed by atoms with Crippen LogP contribution in [0, 0.1) is 12.8 Å². The van der Waals surface area contributed by atoms with Gasteiger partial charge in [-0.1, -0.05) is 38.1 Å². The number of anilines is 1. The van der Waals surface area contributed by atoms with Crippen LogP contribution in [-0.4, -0.2) is 26.5 Å². The molecular weight excluding hydrogens is 314 g/mol. The average Bonchev–Trinajstić information content (AvgIpc) is 3.00. The zero-order valence-electron chi connectivity index (χ0n) is 14.7. The van der Waals surface area contributed by atoms with Gasteiger partial charge in [-0.3, -0.25) is 9.20 Å². The highest BCUT2D eigenvalue weighted by atomic mass is 16.2. The van der Waals surface area contributed by atoms with Crippen LogP contribution in [0.15, 0.2) is 48.7 Å². The predicted molar refractivity (Wildman–Crippen MR) is 98.3 cm³/mol. The van der Waals surface area contributed by atoms with E-state index in [2.05, 4.69) is 20.8 Å². The smallest absolute Gasteiger partial charge is 0.243 e. The summed E-state index contributed by atoms with van der Waals surface area (Å²) in [7, 11) is 0. The SMILES string of the molecule is Cc1ccc2nnc(CNC(=O)[C@@H](Nc3ccccc3)C(C)C)n2c1. The van der Waals surface area contributed by atoms with Gasteiger partial charge >= 0.3 is 0 Å². The molecule has 0 bridgehead atoms. The van der Waals surface area contributed by atoms with Crippen LogP contribution in [0.5, 0.6) is 0 Å². The molecule has 0 aliphatic rings. The minimum Gasteiger partial charge on any atom is -0.373 e. The van der Waals surface area contributed by atoms with E-state index in [0.29, 0.717) is 12.4 Å². The summed E-state index contributed by atoms with van der Waals surface area (Å²) in [6.45, 7) is 6.40. The minimum atomic E-state index is -0.316. The van der Waals surface area contributed by atoms with Crippen molar-refractivity contribution in [2.24, 2.45) is 5.92 Å². The van der Waals surface area contributed by atoms with E-state index in [0.717, 1.165) is 16.9 Å². The summed E-state index contributed by atoms with van der Waals surface area (Å²) in [6.07, 6.45) is 1.97.